The highest BCUT2D eigenvalue weighted by Gasteiger charge is 2.33. The van der Waals surface area contributed by atoms with Crippen LogP contribution in [0, 0.1) is 11.8 Å². The molecular weight excluding hydrogens is 316 g/mol. The SMILES string of the molecule is O=S1(=O)CCC(C(CBr)Cc2ccc(O)cc2)C1. The van der Waals surface area contributed by atoms with Crippen molar-refractivity contribution in [2.75, 3.05) is 16.8 Å². The van der Waals surface area contributed by atoms with Gasteiger partial charge in [0.15, 0.2) is 9.84 Å². The zero-order valence-electron chi connectivity index (χ0n) is 10.0. The van der Waals surface area contributed by atoms with Crippen LogP contribution in [0.1, 0.15) is 12.0 Å². The molecule has 0 spiro atoms. The van der Waals surface area contributed by atoms with Crippen LogP contribution in [0.2, 0.25) is 0 Å². The van der Waals surface area contributed by atoms with Crippen molar-refractivity contribution < 1.29 is 13.5 Å². The summed E-state index contributed by atoms with van der Waals surface area (Å²) < 4.78 is 23.0. The third-order valence-corrected chi connectivity index (χ3v) is 6.19. The molecule has 5 heteroatoms. The molecule has 1 saturated heterocycles. The number of hydrogen-bond donors (Lipinski definition) is 1. The molecule has 1 heterocycles. The number of sulfone groups is 1. The number of rotatable bonds is 4. The molecule has 0 amide bonds. The molecule has 1 fully saturated rings. The van der Waals surface area contributed by atoms with Crippen LogP contribution in [-0.2, 0) is 16.3 Å². The van der Waals surface area contributed by atoms with E-state index in [1.165, 1.54) is 0 Å². The minimum absolute atomic E-state index is 0.253. The summed E-state index contributed by atoms with van der Waals surface area (Å²) in [6, 6.07) is 7.14. The predicted octanol–water partition coefficient (Wildman–Crippen LogP) is 2.38. The van der Waals surface area contributed by atoms with Crippen molar-refractivity contribution in [3.8, 4) is 5.75 Å². The Balaban J connectivity index is 2.04. The van der Waals surface area contributed by atoms with E-state index in [9.17, 15) is 13.5 Å². The molecule has 1 aromatic carbocycles. The van der Waals surface area contributed by atoms with Crippen molar-refractivity contribution in [1.29, 1.82) is 0 Å². The fraction of sp³-hybridized carbons (Fsp3) is 0.538. The molecule has 18 heavy (non-hydrogen) atoms. The average molecular weight is 333 g/mol. The van der Waals surface area contributed by atoms with Gasteiger partial charge in [0.2, 0.25) is 0 Å². The van der Waals surface area contributed by atoms with Gasteiger partial charge in [-0.3, -0.25) is 0 Å². The molecule has 0 aliphatic carbocycles. The van der Waals surface area contributed by atoms with E-state index in [4.69, 9.17) is 0 Å². The monoisotopic (exact) mass is 332 g/mol. The van der Waals surface area contributed by atoms with Crippen LogP contribution >= 0.6 is 15.9 Å². The van der Waals surface area contributed by atoms with Gasteiger partial charge in [-0.05, 0) is 42.4 Å². The van der Waals surface area contributed by atoms with Gasteiger partial charge in [0.25, 0.3) is 0 Å². The summed E-state index contributed by atoms with van der Waals surface area (Å²) in [5.41, 5.74) is 1.14. The lowest BCUT2D eigenvalue weighted by Gasteiger charge is -2.20. The Hall–Kier alpha value is -0.550. The van der Waals surface area contributed by atoms with E-state index in [1.54, 1.807) is 12.1 Å². The molecule has 0 aromatic heterocycles. The first-order valence-electron chi connectivity index (χ1n) is 6.04. The lowest BCUT2D eigenvalue weighted by molar-refractivity contribution is 0.402. The number of hydrogen-bond acceptors (Lipinski definition) is 3. The quantitative estimate of drug-likeness (QED) is 0.861. The molecule has 1 aliphatic rings. The summed E-state index contributed by atoms with van der Waals surface area (Å²) in [4.78, 5) is 0. The van der Waals surface area contributed by atoms with Crippen molar-refractivity contribution >= 4 is 25.8 Å². The highest BCUT2D eigenvalue weighted by atomic mass is 79.9. The molecule has 100 valence electrons. The first-order valence-corrected chi connectivity index (χ1v) is 8.99. The number of halogens is 1. The molecule has 0 bridgehead atoms. The number of phenolic OH excluding ortho intramolecular Hbond substituents is 1. The van der Waals surface area contributed by atoms with Gasteiger partial charge in [0.05, 0.1) is 11.5 Å². The number of phenols is 1. The molecule has 1 aromatic rings. The minimum atomic E-state index is -2.81. The molecular formula is C13H17BrO3S. The van der Waals surface area contributed by atoms with E-state index in [1.807, 2.05) is 12.1 Å². The summed E-state index contributed by atoms with van der Waals surface area (Å²) in [7, 11) is -2.81. The van der Waals surface area contributed by atoms with Gasteiger partial charge in [-0.25, -0.2) is 8.42 Å². The van der Waals surface area contributed by atoms with E-state index >= 15 is 0 Å². The minimum Gasteiger partial charge on any atom is -0.508 e. The van der Waals surface area contributed by atoms with Crippen LogP contribution < -0.4 is 0 Å². The second-order valence-corrected chi connectivity index (χ2v) is 7.82. The average Bonchev–Trinajstić information content (AvgIpc) is 2.69. The maximum Gasteiger partial charge on any atom is 0.150 e. The summed E-state index contributed by atoms with van der Waals surface area (Å²) in [5.74, 6) is 1.51. The van der Waals surface area contributed by atoms with Crippen molar-refractivity contribution in [2.24, 2.45) is 11.8 Å². The van der Waals surface area contributed by atoms with Gasteiger partial charge in [-0.1, -0.05) is 28.1 Å². The largest absolute Gasteiger partial charge is 0.508 e. The van der Waals surface area contributed by atoms with Crippen LogP contribution in [0.5, 0.6) is 5.75 Å². The van der Waals surface area contributed by atoms with Gasteiger partial charge < -0.3 is 5.11 Å². The summed E-state index contributed by atoms with van der Waals surface area (Å²) >= 11 is 3.49. The standard InChI is InChI=1S/C13H17BrO3S/c14-8-12(11-5-6-18(16,17)9-11)7-10-1-3-13(15)4-2-10/h1-4,11-12,15H,5-9H2. The van der Waals surface area contributed by atoms with Crippen molar-refractivity contribution in [3.05, 3.63) is 29.8 Å². The number of alkyl halides is 1. The Morgan fingerprint density at radius 3 is 2.50 bits per heavy atom. The molecule has 2 rings (SSSR count). The van der Waals surface area contributed by atoms with Crippen molar-refractivity contribution in [2.45, 2.75) is 12.8 Å². The molecule has 0 saturated carbocycles. The Morgan fingerprint density at radius 1 is 1.33 bits per heavy atom. The van der Waals surface area contributed by atoms with Crippen molar-refractivity contribution in [3.63, 3.8) is 0 Å². The number of benzene rings is 1. The molecule has 2 atom stereocenters. The lowest BCUT2D eigenvalue weighted by Crippen LogP contribution is -2.20. The highest BCUT2D eigenvalue weighted by Crippen LogP contribution is 2.30. The maximum atomic E-state index is 11.5. The molecule has 0 radical (unpaired) electrons. The zero-order chi connectivity index (χ0) is 13.2. The highest BCUT2D eigenvalue weighted by molar-refractivity contribution is 9.09. The summed E-state index contributed by atoms with van der Waals surface area (Å²) in [5, 5.41) is 10.1. The van der Waals surface area contributed by atoms with E-state index < -0.39 is 9.84 Å². The van der Waals surface area contributed by atoms with Crippen LogP contribution in [0.15, 0.2) is 24.3 Å². The number of aromatic hydroxyl groups is 1. The molecule has 1 N–H and O–H groups in total. The second-order valence-electron chi connectivity index (χ2n) is 4.95. The van der Waals surface area contributed by atoms with Gasteiger partial charge in [0.1, 0.15) is 5.75 Å². The van der Waals surface area contributed by atoms with Crippen LogP contribution in [0.4, 0.5) is 0 Å². The Kier molecular flexibility index (Phi) is 4.33. The van der Waals surface area contributed by atoms with Crippen LogP contribution in [0.25, 0.3) is 0 Å². The topological polar surface area (TPSA) is 54.4 Å². The van der Waals surface area contributed by atoms with Gasteiger partial charge in [0, 0.05) is 5.33 Å². The second kappa shape index (κ2) is 5.61. The Morgan fingerprint density at radius 2 is 2.00 bits per heavy atom. The van der Waals surface area contributed by atoms with E-state index in [2.05, 4.69) is 15.9 Å². The molecule has 2 unspecified atom stereocenters. The maximum absolute atomic E-state index is 11.5. The molecule has 1 aliphatic heterocycles. The van der Waals surface area contributed by atoms with Gasteiger partial charge in [-0.2, -0.15) is 0 Å². The normalized spacial score (nSPS) is 23.9. The summed E-state index contributed by atoms with van der Waals surface area (Å²) in [6.07, 6.45) is 1.63. The lowest BCUT2D eigenvalue weighted by atomic mass is 9.88. The van der Waals surface area contributed by atoms with Crippen LogP contribution in [-0.4, -0.2) is 30.4 Å². The fourth-order valence-corrected chi connectivity index (χ4v) is 5.15. The van der Waals surface area contributed by atoms with Crippen molar-refractivity contribution in [1.82, 2.24) is 0 Å². The fourth-order valence-electron chi connectivity index (χ4n) is 2.48. The smallest absolute Gasteiger partial charge is 0.150 e. The van der Waals surface area contributed by atoms with E-state index in [0.29, 0.717) is 17.4 Å². The van der Waals surface area contributed by atoms with E-state index in [0.717, 1.165) is 23.7 Å². The van der Waals surface area contributed by atoms with Gasteiger partial charge >= 0.3 is 0 Å². The third kappa shape index (κ3) is 3.48. The molecule has 3 nitrogen and oxygen atoms in total. The van der Waals surface area contributed by atoms with Crippen LogP contribution in [0.3, 0.4) is 0 Å². The third-order valence-electron chi connectivity index (χ3n) is 3.57. The summed E-state index contributed by atoms with van der Waals surface area (Å²) in [6.45, 7) is 0. The van der Waals surface area contributed by atoms with Gasteiger partial charge in [-0.15, -0.1) is 0 Å². The Labute approximate surface area is 116 Å². The first kappa shape index (κ1) is 13.9. The zero-order valence-corrected chi connectivity index (χ0v) is 12.5. The Bertz CT molecular complexity index is 495. The predicted molar refractivity (Wildman–Crippen MR) is 75.9 cm³/mol. The first-order chi connectivity index (χ1) is 8.50. The van der Waals surface area contributed by atoms with E-state index in [-0.39, 0.29) is 11.7 Å².